The van der Waals surface area contributed by atoms with Crippen LogP contribution in [-0.2, 0) is 24.1 Å². The summed E-state index contributed by atoms with van der Waals surface area (Å²) >= 11 is 0. The van der Waals surface area contributed by atoms with Gasteiger partial charge in [-0.2, -0.15) is 0 Å². The van der Waals surface area contributed by atoms with Crippen molar-refractivity contribution in [2.24, 2.45) is 5.92 Å². The molecule has 1 aliphatic carbocycles. The quantitative estimate of drug-likeness (QED) is 0.810. The molecule has 0 saturated carbocycles. The second kappa shape index (κ2) is 5.40. The van der Waals surface area contributed by atoms with Gasteiger partial charge in [-0.15, -0.1) is 0 Å². The first kappa shape index (κ1) is 12.2. The molecule has 0 fully saturated rings. The van der Waals surface area contributed by atoms with Crippen LogP contribution < -0.4 is 0 Å². The first-order valence-corrected chi connectivity index (χ1v) is 6.96. The molecular weight excluding hydrogens is 232 g/mol. The van der Waals surface area contributed by atoms with Gasteiger partial charge in [-0.1, -0.05) is 54.6 Å². The van der Waals surface area contributed by atoms with Crippen LogP contribution in [0.2, 0.25) is 0 Å². The normalized spacial score (nSPS) is 14.3. The van der Waals surface area contributed by atoms with E-state index in [0.717, 1.165) is 19.3 Å². The summed E-state index contributed by atoms with van der Waals surface area (Å²) < 4.78 is 0. The van der Waals surface area contributed by atoms with E-state index in [-0.39, 0.29) is 5.92 Å². The number of aryl methyl sites for hydroxylation is 1. The number of benzene rings is 2. The molecule has 96 valence electrons. The highest BCUT2D eigenvalue weighted by Gasteiger charge is 2.26. The first-order valence-electron chi connectivity index (χ1n) is 6.96. The average molecular weight is 250 g/mol. The van der Waals surface area contributed by atoms with Crippen LogP contribution in [0.4, 0.5) is 0 Å². The molecule has 0 amide bonds. The topological polar surface area (TPSA) is 17.1 Å². The van der Waals surface area contributed by atoms with Crippen molar-refractivity contribution in [2.45, 2.75) is 25.7 Å². The predicted octanol–water partition coefficient (Wildman–Crippen LogP) is 3.60. The molecule has 3 rings (SSSR count). The lowest BCUT2D eigenvalue weighted by atomic mass is 9.95. The summed E-state index contributed by atoms with van der Waals surface area (Å²) in [4.78, 5) is 12.3. The number of ketones is 1. The Morgan fingerprint density at radius 1 is 0.895 bits per heavy atom. The maximum absolute atomic E-state index is 12.3. The van der Waals surface area contributed by atoms with E-state index in [1.54, 1.807) is 0 Å². The molecule has 0 aliphatic heterocycles. The SMILES string of the molecule is O=C(CCc1ccccc1)C1Cc2ccccc2C1. The maximum Gasteiger partial charge on any atom is 0.136 e. The standard InChI is InChI=1S/C18H18O/c19-18(11-10-14-6-2-1-3-7-14)17-12-15-8-4-5-9-16(15)13-17/h1-9,17H,10-13H2. The third kappa shape index (κ3) is 2.76. The number of carbonyl (C=O) groups excluding carboxylic acids is 1. The Hall–Kier alpha value is -1.89. The molecule has 0 atom stereocenters. The zero-order chi connectivity index (χ0) is 13.1. The van der Waals surface area contributed by atoms with Crippen molar-refractivity contribution in [3.05, 3.63) is 71.3 Å². The van der Waals surface area contributed by atoms with Gasteiger partial charge in [0.1, 0.15) is 5.78 Å². The van der Waals surface area contributed by atoms with E-state index >= 15 is 0 Å². The Morgan fingerprint density at radius 3 is 2.11 bits per heavy atom. The maximum atomic E-state index is 12.3. The zero-order valence-electron chi connectivity index (χ0n) is 11.0. The third-order valence-electron chi connectivity index (χ3n) is 4.01. The molecule has 0 aromatic heterocycles. The molecule has 1 aliphatic rings. The highest BCUT2D eigenvalue weighted by Crippen LogP contribution is 2.28. The number of carbonyl (C=O) groups is 1. The Balaban J connectivity index is 1.58. The number of rotatable bonds is 4. The molecule has 19 heavy (non-hydrogen) atoms. The van der Waals surface area contributed by atoms with Gasteiger partial charge in [0, 0.05) is 12.3 Å². The summed E-state index contributed by atoms with van der Waals surface area (Å²) in [7, 11) is 0. The summed E-state index contributed by atoms with van der Waals surface area (Å²) in [5.41, 5.74) is 3.98. The largest absolute Gasteiger partial charge is 0.299 e. The van der Waals surface area contributed by atoms with Gasteiger partial charge in [0.25, 0.3) is 0 Å². The number of Topliss-reactive ketones (excluding diaryl/α,β-unsaturated/α-hetero) is 1. The van der Waals surface area contributed by atoms with Crippen molar-refractivity contribution in [2.75, 3.05) is 0 Å². The summed E-state index contributed by atoms with van der Waals surface area (Å²) in [5, 5.41) is 0. The molecule has 1 nitrogen and oxygen atoms in total. The molecule has 0 bridgehead atoms. The van der Waals surface area contributed by atoms with Crippen LogP contribution in [0.3, 0.4) is 0 Å². The van der Waals surface area contributed by atoms with Crippen molar-refractivity contribution in [3.8, 4) is 0 Å². The van der Waals surface area contributed by atoms with Crippen LogP contribution in [0, 0.1) is 5.92 Å². The second-order valence-electron chi connectivity index (χ2n) is 5.33. The van der Waals surface area contributed by atoms with E-state index in [1.165, 1.54) is 16.7 Å². The van der Waals surface area contributed by atoms with Crippen molar-refractivity contribution in [1.82, 2.24) is 0 Å². The van der Waals surface area contributed by atoms with Gasteiger partial charge >= 0.3 is 0 Å². The number of hydrogen-bond acceptors (Lipinski definition) is 1. The van der Waals surface area contributed by atoms with E-state index in [0.29, 0.717) is 12.2 Å². The van der Waals surface area contributed by atoms with Crippen LogP contribution in [0.15, 0.2) is 54.6 Å². The molecule has 2 aromatic carbocycles. The fraction of sp³-hybridized carbons (Fsp3) is 0.278. The lowest BCUT2D eigenvalue weighted by molar-refractivity contribution is -0.122. The van der Waals surface area contributed by atoms with E-state index in [4.69, 9.17) is 0 Å². The molecule has 0 unspecified atom stereocenters. The Bertz CT molecular complexity index is 546. The van der Waals surface area contributed by atoms with Crippen molar-refractivity contribution in [1.29, 1.82) is 0 Å². The van der Waals surface area contributed by atoms with Crippen molar-refractivity contribution in [3.63, 3.8) is 0 Å². The van der Waals surface area contributed by atoms with E-state index < -0.39 is 0 Å². The van der Waals surface area contributed by atoms with E-state index in [9.17, 15) is 4.79 Å². The Kier molecular flexibility index (Phi) is 3.45. The van der Waals surface area contributed by atoms with Gasteiger partial charge in [0.05, 0.1) is 0 Å². The number of fused-ring (bicyclic) bond motifs is 1. The number of hydrogen-bond donors (Lipinski definition) is 0. The molecule has 2 aromatic rings. The van der Waals surface area contributed by atoms with Gasteiger partial charge < -0.3 is 0 Å². The summed E-state index contributed by atoms with van der Waals surface area (Å²) in [6.45, 7) is 0. The second-order valence-corrected chi connectivity index (χ2v) is 5.33. The average Bonchev–Trinajstić information content (AvgIpc) is 2.90. The lowest BCUT2D eigenvalue weighted by Crippen LogP contribution is -2.15. The fourth-order valence-corrected chi connectivity index (χ4v) is 2.90. The van der Waals surface area contributed by atoms with Crippen LogP contribution in [0.1, 0.15) is 23.1 Å². The van der Waals surface area contributed by atoms with Gasteiger partial charge in [-0.05, 0) is 36.0 Å². The Labute approximate surface area is 114 Å². The molecular formula is C18H18O. The summed E-state index contributed by atoms with van der Waals surface area (Å²) in [6, 6.07) is 18.7. The molecule has 0 saturated heterocycles. The minimum absolute atomic E-state index is 0.209. The van der Waals surface area contributed by atoms with E-state index in [1.807, 2.05) is 18.2 Å². The highest BCUT2D eigenvalue weighted by molar-refractivity contribution is 5.82. The van der Waals surface area contributed by atoms with Crippen molar-refractivity contribution >= 4 is 5.78 Å². The molecule has 0 heterocycles. The van der Waals surface area contributed by atoms with Gasteiger partial charge in [0.15, 0.2) is 0 Å². The monoisotopic (exact) mass is 250 g/mol. The molecule has 1 heteroatoms. The zero-order valence-corrected chi connectivity index (χ0v) is 11.0. The minimum atomic E-state index is 0.209. The van der Waals surface area contributed by atoms with Gasteiger partial charge in [0.2, 0.25) is 0 Å². The Morgan fingerprint density at radius 2 is 1.47 bits per heavy atom. The van der Waals surface area contributed by atoms with Crippen LogP contribution in [-0.4, -0.2) is 5.78 Å². The van der Waals surface area contributed by atoms with Gasteiger partial charge in [-0.3, -0.25) is 4.79 Å². The van der Waals surface area contributed by atoms with Crippen LogP contribution in [0.25, 0.3) is 0 Å². The first-order chi connectivity index (χ1) is 9.33. The fourth-order valence-electron chi connectivity index (χ4n) is 2.90. The predicted molar refractivity (Wildman–Crippen MR) is 77.1 cm³/mol. The molecule has 0 radical (unpaired) electrons. The van der Waals surface area contributed by atoms with Crippen LogP contribution in [0.5, 0.6) is 0 Å². The van der Waals surface area contributed by atoms with E-state index in [2.05, 4.69) is 36.4 Å². The highest BCUT2D eigenvalue weighted by atomic mass is 16.1. The summed E-state index contributed by atoms with van der Waals surface area (Å²) in [5.74, 6) is 0.626. The summed E-state index contributed by atoms with van der Waals surface area (Å²) in [6.07, 6.45) is 3.41. The van der Waals surface area contributed by atoms with Crippen LogP contribution >= 0.6 is 0 Å². The molecule has 0 N–H and O–H groups in total. The lowest BCUT2D eigenvalue weighted by Gasteiger charge is -2.07. The smallest absolute Gasteiger partial charge is 0.136 e. The van der Waals surface area contributed by atoms with Crippen molar-refractivity contribution < 1.29 is 4.79 Å². The minimum Gasteiger partial charge on any atom is -0.299 e. The van der Waals surface area contributed by atoms with Gasteiger partial charge in [-0.25, -0.2) is 0 Å². The molecule has 0 spiro atoms. The third-order valence-corrected chi connectivity index (χ3v) is 4.01.